The molecule has 0 bridgehead atoms. The number of methoxy groups -OCH3 is 1. The maximum atomic E-state index is 10.8. The van der Waals surface area contributed by atoms with Crippen molar-refractivity contribution >= 4 is 11.9 Å². The van der Waals surface area contributed by atoms with E-state index in [9.17, 15) is 14.9 Å². The Morgan fingerprint density at radius 3 is 2.94 bits per heavy atom. The molecule has 1 heterocycles. The topological polar surface area (TPSA) is 87.3 Å². The number of rotatable bonds is 7. The van der Waals surface area contributed by atoms with Crippen molar-refractivity contribution in [2.45, 2.75) is 32.2 Å². The lowest BCUT2D eigenvalue weighted by Crippen LogP contribution is -2.04. The molecule has 7 nitrogen and oxygen atoms in total. The van der Waals surface area contributed by atoms with Gasteiger partial charge in [-0.05, 0) is 24.2 Å². The summed E-state index contributed by atoms with van der Waals surface area (Å²) < 4.78 is 6.01. The lowest BCUT2D eigenvalue weighted by atomic mass is 10.2. The third-order valence-corrected chi connectivity index (χ3v) is 2.36. The van der Waals surface area contributed by atoms with Gasteiger partial charge in [0.15, 0.2) is 0 Å². The van der Waals surface area contributed by atoms with Gasteiger partial charge in [-0.3, -0.25) is 4.79 Å². The van der Waals surface area contributed by atoms with E-state index in [2.05, 4.69) is 9.72 Å². The van der Waals surface area contributed by atoms with Gasteiger partial charge in [0.1, 0.15) is 12.4 Å². The second kappa shape index (κ2) is 6.62. The molecule has 0 amide bonds. The monoisotopic (exact) mass is 241 g/mol. The van der Waals surface area contributed by atoms with Crippen molar-refractivity contribution in [1.82, 2.24) is 9.55 Å². The molecule has 1 rings (SSSR count). The number of esters is 1. The van der Waals surface area contributed by atoms with E-state index in [0.29, 0.717) is 13.0 Å². The number of hydrogen-bond acceptors (Lipinski definition) is 5. The molecule has 17 heavy (non-hydrogen) atoms. The van der Waals surface area contributed by atoms with Gasteiger partial charge in [0, 0.05) is 6.42 Å². The zero-order valence-corrected chi connectivity index (χ0v) is 9.66. The summed E-state index contributed by atoms with van der Waals surface area (Å²) >= 11 is 0. The summed E-state index contributed by atoms with van der Waals surface area (Å²) in [5.41, 5.74) is 0. The molecule has 0 aliphatic carbocycles. The molecule has 0 saturated carbocycles. The Morgan fingerprint density at radius 1 is 1.53 bits per heavy atom. The van der Waals surface area contributed by atoms with Crippen LogP contribution in [0.3, 0.4) is 0 Å². The summed E-state index contributed by atoms with van der Waals surface area (Å²) in [5, 5.41) is 10.6. The molecule has 1 aromatic heterocycles. The van der Waals surface area contributed by atoms with Crippen LogP contribution in [0.15, 0.2) is 12.4 Å². The third kappa shape index (κ3) is 4.21. The fraction of sp³-hybridized carbons (Fsp3) is 0.600. The molecule has 0 aliphatic rings. The first-order valence-electron chi connectivity index (χ1n) is 5.37. The third-order valence-electron chi connectivity index (χ3n) is 2.36. The lowest BCUT2D eigenvalue weighted by Gasteiger charge is -2.01. The molecule has 0 spiro atoms. The van der Waals surface area contributed by atoms with E-state index in [1.807, 2.05) is 0 Å². The van der Waals surface area contributed by atoms with Crippen LogP contribution < -0.4 is 0 Å². The SMILES string of the molecule is COC(=O)CCCCCn1ccnc1[N+](=O)[O-]. The number of ether oxygens (including phenoxy) is 1. The molecule has 7 heteroatoms. The average molecular weight is 241 g/mol. The molecular weight excluding hydrogens is 226 g/mol. The van der Waals surface area contributed by atoms with E-state index in [0.717, 1.165) is 19.3 Å². The summed E-state index contributed by atoms with van der Waals surface area (Å²) in [6, 6.07) is 0. The standard InChI is InChI=1S/C10H15N3O4/c1-17-9(14)5-3-2-4-7-12-8-6-11-10(12)13(15)16/h6,8H,2-5,7H2,1H3. The Morgan fingerprint density at radius 2 is 2.29 bits per heavy atom. The van der Waals surface area contributed by atoms with Crippen LogP contribution in [0.5, 0.6) is 0 Å². The van der Waals surface area contributed by atoms with Crippen LogP contribution in [-0.4, -0.2) is 27.6 Å². The molecule has 0 saturated heterocycles. The van der Waals surface area contributed by atoms with Gasteiger partial charge in [-0.1, -0.05) is 4.98 Å². The van der Waals surface area contributed by atoms with E-state index >= 15 is 0 Å². The van der Waals surface area contributed by atoms with E-state index in [-0.39, 0.29) is 11.9 Å². The molecule has 0 atom stereocenters. The zero-order valence-electron chi connectivity index (χ0n) is 9.66. The van der Waals surface area contributed by atoms with Crippen molar-refractivity contribution in [2.75, 3.05) is 7.11 Å². The predicted molar refractivity (Wildman–Crippen MR) is 59.4 cm³/mol. The Kier molecular flexibility index (Phi) is 5.12. The summed E-state index contributed by atoms with van der Waals surface area (Å²) in [5.74, 6) is -0.364. The van der Waals surface area contributed by atoms with Crippen molar-refractivity contribution in [1.29, 1.82) is 0 Å². The fourth-order valence-electron chi connectivity index (χ4n) is 1.48. The van der Waals surface area contributed by atoms with Crippen molar-refractivity contribution in [3.05, 3.63) is 22.5 Å². The largest absolute Gasteiger partial charge is 0.469 e. The van der Waals surface area contributed by atoms with Crippen molar-refractivity contribution < 1.29 is 14.5 Å². The number of imidazole rings is 1. The van der Waals surface area contributed by atoms with Gasteiger partial charge in [0.2, 0.25) is 0 Å². The molecular formula is C10H15N3O4. The second-order valence-corrected chi connectivity index (χ2v) is 3.56. The summed E-state index contributed by atoms with van der Waals surface area (Å²) in [7, 11) is 1.36. The normalized spacial score (nSPS) is 10.2. The van der Waals surface area contributed by atoms with Gasteiger partial charge in [-0.2, -0.15) is 0 Å². The average Bonchev–Trinajstić information content (AvgIpc) is 2.76. The molecule has 0 N–H and O–H groups in total. The number of aromatic nitrogens is 2. The highest BCUT2D eigenvalue weighted by atomic mass is 16.6. The Bertz CT molecular complexity index is 389. The Labute approximate surface area is 98.6 Å². The van der Waals surface area contributed by atoms with Crippen molar-refractivity contribution in [2.24, 2.45) is 0 Å². The minimum Gasteiger partial charge on any atom is -0.469 e. The molecule has 0 aromatic carbocycles. The van der Waals surface area contributed by atoms with Gasteiger partial charge in [-0.25, -0.2) is 4.57 Å². The molecule has 0 aliphatic heterocycles. The molecule has 0 radical (unpaired) electrons. The minimum atomic E-state index is -0.506. The quantitative estimate of drug-likeness (QED) is 0.312. The highest BCUT2D eigenvalue weighted by molar-refractivity contribution is 5.68. The van der Waals surface area contributed by atoms with E-state index in [1.54, 1.807) is 6.20 Å². The van der Waals surface area contributed by atoms with Gasteiger partial charge in [-0.15, -0.1) is 0 Å². The smallest absolute Gasteiger partial charge is 0.434 e. The predicted octanol–water partition coefficient (Wildman–Crippen LogP) is 1.52. The number of nitrogens with zero attached hydrogens (tertiary/aromatic N) is 3. The van der Waals surface area contributed by atoms with Gasteiger partial charge in [0.05, 0.1) is 13.7 Å². The first kappa shape index (κ1) is 13.1. The maximum absolute atomic E-state index is 10.8. The van der Waals surface area contributed by atoms with Crippen molar-refractivity contribution in [3.63, 3.8) is 0 Å². The molecule has 0 unspecified atom stereocenters. The molecule has 1 aromatic rings. The van der Waals surface area contributed by atoms with E-state index in [1.165, 1.54) is 17.9 Å². The zero-order chi connectivity index (χ0) is 12.7. The molecule has 94 valence electrons. The van der Waals surface area contributed by atoms with Gasteiger partial charge in [0.25, 0.3) is 0 Å². The Hall–Kier alpha value is -1.92. The summed E-state index contributed by atoms with van der Waals surface area (Å²) in [6.45, 7) is 0.539. The first-order valence-corrected chi connectivity index (χ1v) is 5.37. The van der Waals surface area contributed by atoms with Crippen LogP contribution in [0.25, 0.3) is 0 Å². The summed E-state index contributed by atoms with van der Waals surface area (Å²) in [4.78, 5) is 24.5. The van der Waals surface area contributed by atoms with Crippen LogP contribution >= 0.6 is 0 Å². The Balaban J connectivity index is 2.24. The number of hydrogen-bond donors (Lipinski definition) is 0. The van der Waals surface area contributed by atoms with Crippen LogP contribution in [0.2, 0.25) is 0 Å². The van der Waals surface area contributed by atoms with E-state index in [4.69, 9.17) is 0 Å². The first-order chi connectivity index (χ1) is 8.15. The number of carbonyl (C=O) groups is 1. The van der Waals surface area contributed by atoms with Gasteiger partial charge < -0.3 is 14.9 Å². The molecule has 0 fully saturated rings. The van der Waals surface area contributed by atoms with Crippen LogP contribution in [0.4, 0.5) is 5.95 Å². The second-order valence-electron chi connectivity index (χ2n) is 3.56. The highest BCUT2D eigenvalue weighted by Gasteiger charge is 2.12. The van der Waals surface area contributed by atoms with E-state index < -0.39 is 4.92 Å². The number of nitro groups is 1. The fourth-order valence-corrected chi connectivity index (χ4v) is 1.48. The maximum Gasteiger partial charge on any atom is 0.434 e. The van der Waals surface area contributed by atoms with Crippen LogP contribution in [0.1, 0.15) is 25.7 Å². The van der Waals surface area contributed by atoms with Gasteiger partial charge >= 0.3 is 11.9 Å². The van der Waals surface area contributed by atoms with Crippen LogP contribution in [0, 0.1) is 10.1 Å². The number of aryl methyl sites for hydroxylation is 1. The highest BCUT2D eigenvalue weighted by Crippen LogP contribution is 2.10. The number of carbonyl (C=O) groups excluding carboxylic acids is 1. The number of unbranched alkanes of at least 4 members (excludes halogenated alkanes) is 2. The van der Waals surface area contributed by atoms with Crippen LogP contribution in [-0.2, 0) is 16.1 Å². The van der Waals surface area contributed by atoms with Crippen molar-refractivity contribution in [3.8, 4) is 0 Å². The lowest BCUT2D eigenvalue weighted by molar-refractivity contribution is -0.396. The minimum absolute atomic E-state index is 0.141. The summed E-state index contributed by atoms with van der Waals surface area (Å²) in [6.07, 6.45) is 5.71.